The van der Waals surface area contributed by atoms with Gasteiger partial charge in [0, 0.05) is 33.6 Å². The van der Waals surface area contributed by atoms with Gasteiger partial charge in [0.25, 0.3) is 0 Å². The van der Waals surface area contributed by atoms with E-state index < -0.39 is 6.04 Å². The Bertz CT molecular complexity index is 2940. The Hall–Kier alpha value is -6.06. The zero-order valence-electron chi connectivity index (χ0n) is 38.4. The van der Waals surface area contributed by atoms with Crippen molar-refractivity contribution in [3.63, 3.8) is 0 Å². The lowest BCUT2D eigenvalue weighted by molar-refractivity contribution is -0.122. The highest BCUT2D eigenvalue weighted by atomic mass is 35.5. The van der Waals surface area contributed by atoms with Gasteiger partial charge in [0.1, 0.15) is 28.4 Å². The minimum absolute atomic E-state index is 0. The lowest BCUT2D eigenvalue weighted by atomic mass is 9.90. The van der Waals surface area contributed by atoms with Crippen LogP contribution in [0.15, 0.2) is 89.9 Å². The first-order valence-corrected chi connectivity index (χ1v) is 23.7. The van der Waals surface area contributed by atoms with Gasteiger partial charge in [-0.25, -0.2) is 4.57 Å². The van der Waals surface area contributed by atoms with Crippen LogP contribution in [0.5, 0.6) is 17.5 Å². The van der Waals surface area contributed by atoms with E-state index in [1.165, 1.54) is 26.6 Å². The molecule has 2 aliphatic heterocycles. The van der Waals surface area contributed by atoms with Crippen molar-refractivity contribution in [3.8, 4) is 39.6 Å². The first-order chi connectivity index (χ1) is 31.7. The third-order valence-electron chi connectivity index (χ3n) is 13.1. The van der Waals surface area contributed by atoms with Gasteiger partial charge in [-0.3, -0.25) is 19.3 Å². The number of thiophene rings is 1. The molecular weight excluding hydrogens is 906 g/mol. The van der Waals surface area contributed by atoms with Gasteiger partial charge in [0.15, 0.2) is 11.6 Å². The van der Waals surface area contributed by atoms with E-state index in [2.05, 4.69) is 85.4 Å². The van der Waals surface area contributed by atoms with E-state index in [0.717, 1.165) is 77.7 Å². The molecule has 4 aromatic carbocycles. The second kappa shape index (κ2) is 19.7. The predicted octanol–water partition coefficient (Wildman–Crippen LogP) is 10.4. The number of rotatable bonds is 12. The van der Waals surface area contributed by atoms with Gasteiger partial charge in [-0.15, -0.1) is 39.0 Å². The molecule has 0 aliphatic carbocycles. The van der Waals surface area contributed by atoms with Crippen LogP contribution in [0.3, 0.4) is 0 Å². The summed E-state index contributed by atoms with van der Waals surface area (Å²) in [5.74, 6) is 2.01. The number of aromatic hydroxyl groups is 3. The van der Waals surface area contributed by atoms with E-state index >= 15 is 0 Å². The number of nitrogens with one attached hydrogen (secondary N) is 1. The van der Waals surface area contributed by atoms with Gasteiger partial charge in [-0.1, -0.05) is 79.1 Å². The van der Waals surface area contributed by atoms with Crippen LogP contribution >= 0.6 is 35.3 Å². The van der Waals surface area contributed by atoms with Crippen LogP contribution in [0.25, 0.3) is 22.1 Å². The summed E-state index contributed by atoms with van der Waals surface area (Å²) in [5.41, 5.74) is 9.13. The van der Waals surface area contributed by atoms with Crippen molar-refractivity contribution in [1.29, 1.82) is 0 Å². The number of phenolic OH excluding ortho intramolecular Hbond substituents is 2. The largest absolute Gasteiger partial charge is 0.508 e. The van der Waals surface area contributed by atoms with E-state index in [1.54, 1.807) is 17.4 Å². The number of nitrogens with zero attached hydrogens (tertiary/aromatic N) is 8. The second-order valence-corrected chi connectivity index (χ2v) is 19.6. The number of phenols is 2. The van der Waals surface area contributed by atoms with Crippen molar-refractivity contribution in [1.82, 2.24) is 39.7 Å². The maximum absolute atomic E-state index is 13.8. The van der Waals surface area contributed by atoms with Crippen molar-refractivity contribution in [2.75, 3.05) is 13.1 Å². The second-order valence-electron chi connectivity index (χ2n) is 18.0. The normalized spacial score (nSPS) is 15.6. The molecule has 2 aliphatic rings. The Kier molecular flexibility index (Phi) is 13.9. The Balaban J connectivity index is 0.00000608. The van der Waals surface area contributed by atoms with Crippen LogP contribution in [0.1, 0.15) is 114 Å². The summed E-state index contributed by atoms with van der Waals surface area (Å²) < 4.78 is 3.57. The zero-order valence-corrected chi connectivity index (χ0v) is 40.8. The zero-order chi connectivity index (χ0) is 46.4. The van der Waals surface area contributed by atoms with Crippen LogP contribution in [0.4, 0.5) is 0 Å². The van der Waals surface area contributed by atoms with Gasteiger partial charge in [0.2, 0.25) is 5.91 Å². The topological polar surface area (TPSA) is 167 Å². The molecule has 3 aromatic heterocycles. The molecule has 1 fully saturated rings. The highest BCUT2D eigenvalue weighted by Gasteiger charge is 2.33. The Morgan fingerprint density at radius 2 is 1.52 bits per heavy atom. The monoisotopic (exact) mass is 959 g/mol. The minimum atomic E-state index is -0.543. The van der Waals surface area contributed by atoms with Crippen LogP contribution in [0, 0.1) is 26.7 Å². The summed E-state index contributed by atoms with van der Waals surface area (Å²) in [7, 11) is 0. The van der Waals surface area contributed by atoms with E-state index in [4.69, 9.17) is 16.6 Å². The maximum Gasteiger partial charge on any atom is 0.319 e. The first-order valence-electron chi connectivity index (χ1n) is 22.5. The average Bonchev–Trinajstić information content (AvgIpc) is 3.93. The summed E-state index contributed by atoms with van der Waals surface area (Å²) in [6.07, 6.45) is 3.25. The molecule has 5 heterocycles. The smallest absolute Gasteiger partial charge is 0.319 e. The molecule has 0 radical (unpaired) electrons. The summed E-state index contributed by atoms with van der Waals surface area (Å²) in [4.78, 5) is 22.8. The average molecular weight is 961 g/mol. The molecule has 1 saturated heterocycles. The SMILES string of the molecule is Cc1sc2c(c1C)C(c1ccc(Cl)cc1)=N[C@@H](CC(=O)N[C@H](C)c1ccc(CN3CCC(Cc4ccc(-n5c(O)nnc5-c5cc(C(C)C)c(O)cc5O)cc4)CC3)cc1)c1nnc(C)n1-2.Cl. The molecule has 67 heavy (non-hydrogen) atoms. The first kappa shape index (κ1) is 47.4. The Morgan fingerprint density at radius 1 is 0.836 bits per heavy atom. The number of fused-ring (bicyclic) bond motifs is 3. The third-order valence-corrected chi connectivity index (χ3v) is 14.5. The van der Waals surface area contributed by atoms with Crippen molar-refractivity contribution in [2.45, 2.75) is 91.8 Å². The van der Waals surface area contributed by atoms with Gasteiger partial charge >= 0.3 is 6.01 Å². The molecule has 1 amide bonds. The molecule has 9 rings (SSSR count). The van der Waals surface area contributed by atoms with Gasteiger partial charge in [-0.05, 0) is 130 Å². The summed E-state index contributed by atoms with van der Waals surface area (Å²) in [6.45, 7) is 15.0. The molecule has 0 spiro atoms. The fourth-order valence-electron chi connectivity index (χ4n) is 9.25. The van der Waals surface area contributed by atoms with E-state index in [9.17, 15) is 20.1 Å². The summed E-state index contributed by atoms with van der Waals surface area (Å²) in [5, 5.41) is 53.7. The number of carbonyl (C=O) groups is 1. The number of aryl methyl sites for hydroxylation is 2. The van der Waals surface area contributed by atoms with Crippen LogP contribution in [-0.2, 0) is 17.8 Å². The summed E-state index contributed by atoms with van der Waals surface area (Å²) >= 11 is 7.97. The number of carbonyl (C=O) groups excluding carboxylic acids is 1. The summed E-state index contributed by atoms with van der Waals surface area (Å²) in [6, 6.07) is 26.2. The molecule has 7 aromatic rings. The van der Waals surface area contributed by atoms with Gasteiger partial charge < -0.3 is 20.6 Å². The molecule has 0 unspecified atom stereocenters. The lowest BCUT2D eigenvalue weighted by Crippen LogP contribution is -2.33. The van der Waals surface area contributed by atoms with Crippen LogP contribution in [-0.4, -0.2) is 74.5 Å². The maximum atomic E-state index is 13.8. The molecule has 16 heteroatoms. The minimum Gasteiger partial charge on any atom is -0.508 e. The fraction of sp³-hybridized carbons (Fsp3) is 0.333. The third kappa shape index (κ3) is 9.71. The Morgan fingerprint density at radius 3 is 2.21 bits per heavy atom. The van der Waals surface area contributed by atoms with E-state index in [1.807, 2.05) is 64.1 Å². The number of halogens is 2. The highest BCUT2D eigenvalue weighted by molar-refractivity contribution is 7.15. The quantitative estimate of drug-likeness (QED) is 0.0932. The van der Waals surface area contributed by atoms with Gasteiger partial charge in [0.05, 0.1) is 29.4 Å². The van der Waals surface area contributed by atoms with E-state index in [-0.39, 0.29) is 60.0 Å². The molecule has 0 saturated carbocycles. The number of likely N-dealkylation sites (tertiary alicyclic amines) is 1. The highest BCUT2D eigenvalue weighted by Crippen LogP contribution is 2.41. The number of benzene rings is 4. The van der Waals surface area contributed by atoms with E-state index in [0.29, 0.717) is 33.6 Å². The number of amides is 1. The number of aliphatic imine (C=N–C) groups is 1. The molecule has 348 valence electrons. The van der Waals surface area contributed by atoms with Gasteiger partial charge in [-0.2, -0.15) is 0 Å². The van der Waals surface area contributed by atoms with Crippen LogP contribution < -0.4 is 5.32 Å². The number of piperidine rings is 1. The molecule has 4 N–H and O–H groups in total. The number of hydrogen-bond acceptors (Lipinski definition) is 11. The number of aromatic nitrogens is 6. The molecule has 0 bridgehead atoms. The standard InChI is InChI=1S/C51H54ClN9O4S.ClH/c1-28(2)40-24-41(44(63)26-43(40)62)48-56-58-51(65)61(48)39-17-9-33(10-18-39)23-34-19-21-59(22-20-34)27-35-7-11-36(12-8-35)30(4)53-45(64)25-42-49-57-55-32(6)60(49)50-46(29(3)31(5)66-50)47(54-42)37-13-15-38(52)16-14-37;/h7-18,24,26,28,30,34,42,62-63H,19-23,25,27H2,1-6H3,(H,53,64)(H,58,65);1H/t30-,42+;/m1./s1. The Labute approximate surface area is 405 Å². The lowest BCUT2D eigenvalue weighted by Gasteiger charge is -2.32. The molecule has 2 atom stereocenters. The molecule has 13 nitrogen and oxygen atoms in total. The van der Waals surface area contributed by atoms with Crippen molar-refractivity contribution < 1.29 is 20.1 Å². The van der Waals surface area contributed by atoms with Crippen molar-refractivity contribution >= 4 is 47.0 Å². The predicted molar refractivity (Wildman–Crippen MR) is 266 cm³/mol. The fourth-order valence-corrected chi connectivity index (χ4v) is 10.6. The number of hydrogen-bond donors (Lipinski definition) is 4. The van der Waals surface area contributed by atoms with Crippen LogP contribution in [0.2, 0.25) is 5.02 Å². The van der Waals surface area contributed by atoms with Crippen molar-refractivity contribution in [2.24, 2.45) is 10.9 Å². The van der Waals surface area contributed by atoms with Crippen molar-refractivity contribution in [3.05, 3.63) is 145 Å². The molecular formula is C51H55Cl2N9O4S.